The van der Waals surface area contributed by atoms with Crippen LogP contribution in [0.15, 0.2) is 29.8 Å². The van der Waals surface area contributed by atoms with Crippen LogP contribution in [0.4, 0.5) is 0 Å². The fraction of sp³-hybridized carbons (Fsp3) is 0.400. The molecule has 0 amide bonds. The van der Waals surface area contributed by atoms with Gasteiger partial charge in [0.15, 0.2) is 17.3 Å². The molecule has 3 rings (SSSR count). The second-order valence-electron chi connectivity index (χ2n) is 5.84. The SMILES string of the molecule is COc1cc2c(cc1OC)C(N[n+]1cn[nH]c1)=NC(C)(C)C2. The molecule has 0 spiro atoms. The second kappa shape index (κ2) is 5.32. The molecule has 0 unspecified atom stereocenters. The maximum atomic E-state index is 5.41. The normalized spacial score (nSPS) is 15.7. The number of rotatable bonds is 3. The summed E-state index contributed by atoms with van der Waals surface area (Å²) in [5.74, 6) is 2.19. The van der Waals surface area contributed by atoms with Crippen LogP contribution in [0.3, 0.4) is 0 Å². The lowest BCUT2D eigenvalue weighted by Crippen LogP contribution is -2.49. The van der Waals surface area contributed by atoms with Crippen molar-refractivity contribution in [1.82, 2.24) is 10.2 Å². The monoisotopic (exact) mass is 302 g/mol. The molecular weight excluding hydrogens is 282 g/mol. The number of aliphatic imine (C=N–C) groups is 1. The molecule has 1 aromatic heterocycles. The Labute approximate surface area is 129 Å². The summed E-state index contributed by atoms with van der Waals surface area (Å²) in [6.07, 6.45) is 4.19. The first-order chi connectivity index (χ1) is 10.5. The number of aromatic nitrogens is 3. The van der Waals surface area contributed by atoms with Gasteiger partial charge in [-0.15, -0.1) is 9.77 Å². The number of nitrogens with zero attached hydrogens (tertiary/aromatic N) is 3. The second-order valence-corrected chi connectivity index (χ2v) is 5.84. The smallest absolute Gasteiger partial charge is 0.286 e. The zero-order chi connectivity index (χ0) is 15.7. The minimum atomic E-state index is -0.195. The Morgan fingerprint density at radius 2 is 1.95 bits per heavy atom. The maximum absolute atomic E-state index is 5.41. The van der Waals surface area contributed by atoms with E-state index in [-0.39, 0.29) is 5.54 Å². The van der Waals surface area contributed by atoms with Gasteiger partial charge in [-0.05, 0) is 38.0 Å². The molecule has 1 aromatic carbocycles. The van der Waals surface area contributed by atoms with E-state index in [0.717, 1.165) is 23.6 Å². The summed E-state index contributed by atoms with van der Waals surface area (Å²) in [6.45, 7) is 4.21. The highest BCUT2D eigenvalue weighted by atomic mass is 16.5. The van der Waals surface area contributed by atoms with E-state index >= 15 is 0 Å². The van der Waals surface area contributed by atoms with Crippen molar-refractivity contribution in [1.29, 1.82) is 0 Å². The van der Waals surface area contributed by atoms with Gasteiger partial charge in [-0.25, -0.2) is 5.43 Å². The number of benzene rings is 1. The summed E-state index contributed by atoms with van der Waals surface area (Å²) < 4.78 is 12.5. The summed E-state index contributed by atoms with van der Waals surface area (Å²) in [7, 11) is 3.28. The van der Waals surface area contributed by atoms with Crippen LogP contribution in [0.5, 0.6) is 11.5 Å². The third-order valence-corrected chi connectivity index (χ3v) is 3.59. The van der Waals surface area contributed by atoms with Crippen molar-refractivity contribution in [2.45, 2.75) is 25.8 Å². The first-order valence-corrected chi connectivity index (χ1v) is 7.04. The third kappa shape index (κ3) is 2.61. The average molecular weight is 302 g/mol. The Hall–Kier alpha value is -2.57. The molecule has 0 radical (unpaired) electrons. The molecule has 0 atom stereocenters. The number of methoxy groups -OCH3 is 2. The van der Waals surface area contributed by atoms with E-state index in [4.69, 9.17) is 14.5 Å². The van der Waals surface area contributed by atoms with E-state index in [1.54, 1.807) is 31.6 Å². The van der Waals surface area contributed by atoms with E-state index in [2.05, 4.69) is 29.5 Å². The number of aromatic amines is 1. The Balaban J connectivity index is 2.08. The van der Waals surface area contributed by atoms with Gasteiger partial charge in [-0.2, -0.15) is 0 Å². The van der Waals surface area contributed by atoms with E-state index in [9.17, 15) is 0 Å². The van der Waals surface area contributed by atoms with Crippen LogP contribution < -0.4 is 19.6 Å². The predicted molar refractivity (Wildman–Crippen MR) is 82.0 cm³/mol. The lowest BCUT2D eigenvalue weighted by atomic mass is 9.88. The molecule has 2 heterocycles. The summed E-state index contributed by atoms with van der Waals surface area (Å²) in [6, 6.07) is 3.97. The lowest BCUT2D eigenvalue weighted by Gasteiger charge is -2.29. The number of ether oxygens (including phenoxy) is 2. The van der Waals surface area contributed by atoms with Crippen molar-refractivity contribution < 1.29 is 14.1 Å². The van der Waals surface area contributed by atoms with Crippen molar-refractivity contribution in [3.05, 3.63) is 35.9 Å². The zero-order valence-electron chi connectivity index (χ0n) is 13.2. The Morgan fingerprint density at radius 3 is 2.59 bits per heavy atom. The molecule has 1 aliphatic rings. The van der Waals surface area contributed by atoms with Crippen LogP contribution in [0, 0.1) is 0 Å². The van der Waals surface area contributed by atoms with Gasteiger partial charge >= 0.3 is 0 Å². The fourth-order valence-electron chi connectivity index (χ4n) is 2.65. The van der Waals surface area contributed by atoms with Crippen molar-refractivity contribution in [2.24, 2.45) is 4.99 Å². The van der Waals surface area contributed by atoms with Crippen molar-refractivity contribution in [3.63, 3.8) is 0 Å². The van der Waals surface area contributed by atoms with Gasteiger partial charge in [0.25, 0.3) is 6.33 Å². The third-order valence-electron chi connectivity index (χ3n) is 3.59. The average Bonchev–Trinajstić information content (AvgIpc) is 2.97. The van der Waals surface area contributed by atoms with E-state index in [1.165, 1.54) is 5.56 Å². The van der Waals surface area contributed by atoms with Crippen molar-refractivity contribution >= 4 is 5.84 Å². The summed E-state index contributed by atoms with van der Waals surface area (Å²) in [5, 5.41) is 6.67. The van der Waals surface area contributed by atoms with Crippen LogP contribution >= 0.6 is 0 Å². The predicted octanol–water partition coefficient (Wildman–Crippen LogP) is 1.04. The molecule has 1 aliphatic heterocycles. The van der Waals surface area contributed by atoms with Gasteiger partial charge in [0, 0.05) is 10.7 Å². The highest BCUT2D eigenvalue weighted by Crippen LogP contribution is 2.35. The first-order valence-electron chi connectivity index (χ1n) is 7.04. The molecule has 0 aliphatic carbocycles. The molecule has 116 valence electrons. The van der Waals surface area contributed by atoms with E-state index in [0.29, 0.717) is 5.75 Å². The first kappa shape index (κ1) is 14.4. The fourth-order valence-corrected chi connectivity index (χ4v) is 2.65. The molecular formula is C15H20N5O2+. The molecule has 7 nitrogen and oxygen atoms in total. The van der Waals surface area contributed by atoms with Crippen LogP contribution in [-0.4, -0.2) is 35.8 Å². The zero-order valence-corrected chi connectivity index (χ0v) is 13.2. The number of hydrogen-bond donors (Lipinski definition) is 2. The largest absolute Gasteiger partial charge is 0.493 e. The van der Waals surface area contributed by atoms with Gasteiger partial charge in [-0.1, -0.05) is 0 Å². The lowest BCUT2D eigenvalue weighted by molar-refractivity contribution is -0.640. The molecule has 2 N–H and O–H groups in total. The minimum absolute atomic E-state index is 0.195. The van der Waals surface area contributed by atoms with Gasteiger partial charge in [0.05, 0.1) is 19.8 Å². The number of hydrogen-bond acceptors (Lipinski definition) is 5. The van der Waals surface area contributed by atoms with Crippen molar-refractivity contribution in [2.75, 3.05) is 19.6 Å². The Kier molecular flexibility index (Phi) is 3.48. The Morgan fingerprint density at radius 1 is 1.23 bits per heavy atom. The van der Waals surface area contributed by atoms with E-state index < -0.39 is 0 Å². The quantitative estimate of drug-likeness (QED) is 0.831. The van der Waals surface area contributed by atoms with E-state index in [1.807, 2.05) is 12.1 Å². The molecule has 0 bridgehead atoms. The number of H-pyrrole nitrogens is 1. The van der Waals surface area contributed by atoms with Crippen LogP contribution in [0.1, 0.15) is 25.0 Å². The summed E-state index contributed by atoms with van der Waals surface area (Å²) >= 11 is 0. The number of amidine groups is 1. The molecule has 7 heteroatoms. The molecule has 0 saturated carbocycles. The molecule has 2 aromatic rings. The molecule has 22 heavy (non-hydrogen) atoms. The number of nitrogens with one attached hydrogen (secondary N) is 2. The van der Waals surface area contributed by atoms with Crippen LogP contribution in [0.2, 0.25) is 0 Å². The Bertz CT molecular complexity index is 707. The minimum Gasteiger partial charge on any atom is -0.493 e. The summed E-state index contributed by atoms with van der Waals surface area (Å²) in [5.41, 5.74) is 5.22. The van der Waals surface area contributed by atoms with Crippen molar-refractivity contribution in [3.8, 4) is 11.5 Å². The van der Waals surface area contributed by atoms with Crippen LogP contribution in [-0.2, 0) is 6.42 Å². The maximum Gasteiger partial charge on any atom is 0.286 e. The van der Waals surface area contributed by atoms with Crippen LogP contribution in [0.25, 0.3) is 0 Å². The molecule has 0 saturated heterocycles. The number of fused-ring (bicyclic) bond motifs is 1. The summed E-state index contributed by atoms with van der Waals surface area (Å²) in [4.78, 5) is 4.81. The molecule has 0 fully saturated rings. The highest BCUT2D eigenvalue weighted by molar-refractivity contribution is 6.06. The highest BCUT2D eigenvalue weighted by Gasteiger charge is 2.29. The van der Waals surface area contributed by atoms with Gasteiger partial charge < -0.3 is 9.47 Å². The topological polar surface area (TPSA) is 75.4 Å². The standard InChI is InChI=1S/C15H19N5O2/c1-15(2)7-10-5-12(21-3)13(22-4)6-11(10)14(18-15)19-20-8-16-17-9-20/h5-6,8-9H,7H2,1-4H3,(H,18,19)/p+1. The van der Waals surface area contributed by atoms with Gasteiger partial charge in [0.2, 0.25) is 6.33 Å². The van der Waals surface area contributed by atoms with Gasteiger partial charge in [-0.3, -0.25) is 4.99 Å². The van der Waals surface area contributed by atoms with Gasteiger partial charge in [0.1, 0.15) is 0 Å².